The van der Waals surface area contributed by atoms with Crippen molar-refractivity contribution in [3.63, 3.8) is 0 Å². The first-order valence-corrected chi connectivity index (χ1v) is 5.35. The lowest BCUT2D eigenvalue weighted by molar-refractivity contribution is 0.282. The lowest BCUT2D eigenvalue weighted by atomic mass is 10.2. The number of rotatable bonds is 3. The molecule has 1 aromatic carbocycles. The molecule has 76 valence electrons. The third-order valence-electron chi connectivity index (χ3n) is 1.88. The van der Waals surface area contributed by atoms with Gasteiger partial charge in [-0.05, 0) is 29.8 Å². The van der Waals surface area contributed by atoms with Crippen LogP contribution in [0.4, 0.5) is 0 Å². The molecule has 2 aromatic rings. The summed E-state index contributed by atoms with van der Waals surface area (Å²) < 4.78 is 0. The first kappa shape index (κ1) is 10.1. The van der Waals surface area contributed by atoms with E-state index in [2.05, 4.69) is 10.2 Å². The zero-order valence-corrected chi connectivity index (χ0v) is 8.81. The van der Waals surface area contributed by atoms with Gasteiger partial charge >= 0.3 is 0 Å². The monoisotopic (exact) mass is 218 g/mol. The van der Waals surface area contributed by atoms with Gasteiger partial charge in [0.15, 0.2) is 0 Å². The van der Waals surface area contributed by atoms with Crippen LogP contribution in [-0.4, -0.2) is 15.3 Å². The molecule has 1 heterocycles. The SMILES string of the molecule is OCc1ccc(Sc2cccnn2)cc1. The molecule has 0 unspecified atom stereocenters. The van der Waals surface area contributed by atoms with Crippen LogP contribution in [0.3, 0.4) is 0 Å². The minimum absolute atomic E-state index is 0.0795. The lowest BCUT2D eigenvalue weighted by Gasteiger charge is -2.00. The summed E-state index contributed by atoms with van der Waals surface area (Å²) in [6.07, 6.45) is 1.65. The summed E-state index contributed by atoms with van der Waals surface area (Å²) in [4.78, 5) is 1.09. The highest BCUT2D eigenvalue weighted by atomic mass is 32.2. The van der Waals surface area contributed by atoms with Crippen molar-refractivity contribution in [3.05, 3.63) is 48.2 Å². The van der Waals surface area contributed by atoms with E-state index in [0.29, 0.717) is 0 Å². The van der Waals surface area contributed by atoms with Crippen LogP contribution >= 0.6 is 11.8 Å². The molecule has 0 atom stereocenters. The van der Waals surface area contributed by atoms with Crippen molar-refractivity contribution in [2.24, 2.45) is 0 Å². The summed E-state index contributed by atoms with van der Waals surface area (Å²) in [5.74, 6) is 0. The van der Waals surface area contributed by atoms with Gasteiger partial charge in [0, 0.05) is 11.1 Å². The Morgan fingerprint density at radius 1 is 1.13 bits per heavy atom. The van der Waals surface area contributed by atoms with Crippen molar-refractivity contribution in [1.29, 1.82) is 0 Å². The molecular weight excluding hydrogens is 208 g/mol. The molecule has 0 fully saturated rings. The molecule has 0 bridgehead atoms. The normalized spacial score (nSPS) is 10.2. The summed E-state index contributed by atoms with van der Waals surface area (Å²) in [5, 5.41) is 17.5. The second-order valence-electron chi connectivity index (χ2n) is 2.97. The molecule has 3 nitrogen and oxygen atoms in total. The number of aromatic nitrogens is 2. The Bertz CT molecular complexity index is 416. The van der Waals surface area contributed by atoms with Crippen LogP contribution in [-0.2, 0) is 6.61 Å². The van der Waals surface area contributed by atoms with Crippen molar-refractivity contribution in [1.82, 2.24) is 10.2 Å². The molecule has 1 aromatic heterocycles. The van der Waals surface area contributed by atoms with Gasteiger partial charge in [-0.3, -0.25) is 0 Å². The van der Waals surface area contributed by atoms with Crippen LogP contribution in [0.2, 0.25) is 0 Å². The molecule has 1 N–H and O–H groups in total. The van der Waals surface area contributed by atoms with E-state index in [1.54, 1.807) is 18.0 Å². The van der Waals surface area contributed by atoms with E-state index in [1.807, 2.05) is 36.4 Å². The van der Waals surface area contributed by atoms with Gasteiger partial charge < -0.3 is 5.11 Å². The fourth-order valence-electron chi connectivity index (χ4n) is 1.13. The van der Waals surface area contributed by atoms with Crippen LogP contribution in [0.25, 0.3) is 0 Å². The van der Waals surface area contributed by atoms with Gasteiger partial charge in [0.25, 0.3) is 0 Å². The molecule has 4 heteroatoms. The summed E-state index contributed by atoms with van der Waals surface area (Å²) in [6.45, 7) is 0.0795. The Morgan fingerprint density at radius 3 is 2.53 bits per heavy atom. The quantitative estimate of drug-likeness (QED) is 0.857. The Morgan fingerprint density at radius 2 is 1.93 bits per heavy atom. The fourth-order valence-corrected chi connectivity index (χ4v) is 1.87. The second kappa shape index (κ2) is 4.91. The summed E-state index contributed by atoms with van der Waals surface area (Å²) in [7, 11) is 0. The number of benzene rings is 1. The van der Waals surface area contributed by atoms with Crippen LogP contribution in [0, 0.1) is 0 Å². The molecule has 0 saturated heterocycles. The van der Waals surface area contributed by atoms with Crippen molar-refractivity contribution < 1.29 is 5.11 Å². The van der Waals surface area contributed by atoms with Gasteiger partial charge in [-0.1, -0.05) is 23.9 Å². The molecule has 15 heavy (non-hydrogen) atoms. The lowest BCUT2D eigenvalue weighted by Crippen LogP contribution is -1.84. The van der Waals surface area contributed by atoms with Gasteiger partial charge in [-0.2, -0.15) is 5.10 Å². The number of aliphatic hydroxyl groups is 1. The minimum Gasteiger partial charge on any atom is -0.392 e. The molecule has 0 aliphatic carbocycles. The smallest absolute Gasteiger partial charge is 0.124 e. The van der Waals surface area contributed by atoms with Crippen molar-refractivity contribution in [2.45, 2.75) is 16.5 Å². The first-order valence-electron chi connectivity index (χ1n) is 4.54. The predicted molar refractivity (Wildman–Crippen MR) is 58.5 cm³/mol. The van der Waals surface area contributed by atoms with Crippen molar-refractivity contribution >= 4 is 11.8 Å². The Kier molecular flexibility index (Phi) is 3.32. The topological polar surface area (TPSA) is 46.0 Å². The highest BCUT2D eigenvalue weighted by Crippen LogP contribution is 2.25. The average Bonchev–Trinajstić information content (AvgIpc) is 2.31. The van der Waals surface area contributed by atoms with Gasteiger partial charge in [-0.25, -0.2) is 0 Å². The molecule has 0 amide bonds. The van der Waals surface area contributed by atoms with E-state index in [0.717, 1.165) is 15.5 Å². The summed E-state index contributed by atoms with van der Waals surface area (Å²) in [5.41, 5.74) is 0.915. The largest absolute Gasteiger partial charge is 0.392 e. The van der Waals surface area contributed by atoms with Gasteiger partial charge in [0.05, 0.1) is 6.61 Å². The minimum atomic E-state index is 0.0795. The standard InChI is InChI=1S/C11H10N2OS/c14-8-9-3-5-10(6-4-9)15-11-2-1-7-12-13-11/h1-7,14H,8H2. The van der Waals surface area contributed by atoms with Gasteiger partial charge in [0.1, 0.15) is 5.03 Å². The third kappa shape index (κ3) is 2.78. The molecule has 0 aliphatic rings. The second-order valence-corrected chi connectivity index (χ2v) is 4.06. The fraction of sp³-hybridized carbons (Fsp3) is 0.0909. The van der Waals surface area contributed by atoms with Gasteiger partial charge in [0.2, 0.25) is 0 Å². The van der Waals surface area contributed by atoms with E-state index in [9.17, 15) is 0 Å². The molecule has 0 saturated carbocycles. The van der Waals surface area contributed by atoms with Crippen LogP contribution < -0.4 is 0 Å². The number of nitrogens with zero attached hydrogens (tertiary/aromatic N) is 2. The average molecular weight is 218 g/mol. The van der Waals surface area contributed by atoms with E-state index in [-0.39, 0.29) is 6.61 Å². The predicted octanol–water partition coefficient (Wildman–Crippen LogP) is 2.12. The number of aliphatic hydroxyl groups excluding tert-OH is 1. The van der Waals surface area contributed by atoms with E-state index >= 15 is 0 Å². The van der Waals surface area contributed by atoms with Crippen molar-refractivity contribution in [3.8, 4) is 0 Å². The highest BCUT2D eigenvalue weighted by molar-refractivity contribution is 7.99. The summed E-state index contributed by atoms with van der Waals surface area (Å²) >= 11 is 1.55. The zero-order valence-electron chi connectivity index (χ0n) is 8.00. The molecule has 2 rings (SSSR count). The van der Waals surface area contributed by atoms with E-state index in [1.165, 1.54) is 0 Å². The maximum absolute atomic E-state index is 8.89. The third-order valence-corrected chi connectivity index (χ3v) is 2.81. The highest BCUT2D eigenvalue weighted by Gasteiger charge is 1.98. The molecular formula is C11H10N2OS. The van der Waals surface area contributed by atoms with Crippen molar-refractivity contribution in [2.75, 3.05) is 0 Å². The van der Waals surface area contributed by atoms with E-state index in [4.69, 9.17) is 5.11 Å². The van der Waals surface area contributed by atoms with Crippen LogP contribution in [0.1, 0.15) is 5.56 Å². The molecule has 0 aliphatic heterocycles. The molecule has 0 radical (unpaired) electrons. The number of hydrogen-bond acceptors (Lipinski definition) is 4. The van der Waals surface area contributed by atoms with E-state index < -0.39 is 0 Å². The van der Waals surface area contributed by atoms with Crippen LogP contribution in [0.5, 0.6) is 0 Å². The maximum Gasteiger partial charge on any atom is 0.124 e. The zero-order chi connectivity index (χ0) is 10.5. The first-order chi connectivity index (χ1) is 7.38. The van der Waals surface area contributed by atoms with Gasteiger partial charge in [-0.15, -0.1) is 5.10 Å². The Balaban J connectivity index is 2.11. The Hall–Kier alpha value is -1.39. The summed E-state index contributed by atoms with van der Waals surface area (Å²) in [6, 6.07) is 11.5. The molecule has 0 spiro atoms. The van der Waals surface area contributed by atoms with Crippen LogP contribution in [0.15, 0.2) is 52.5 Å². The Labute approximate surface area is 92.2 Å². The number of hydrogen-bond donors (Lipinski definition) is 1. The maximum atomic E-state index is 8.89.